The Balaban J connectivity index is 1.97. The molecule has 3 rings (SSSR count). The molecule has 3 unspecified atom stereocenters. The minimum Gasteiger partial charge on any atom is -0.0735 e. The van der Waals surface area contributed by atoms with E-state index in [0.717, 1.165) is 11.3 Å². The predicted octanol–water partition coefficient (Wildman–Crippen LogP) is 4.70. The topological polar surface area (TPSA) is 0 Å². The molecule has 0 N–H and O–H groups in total. The van der Waals surface area contributed by atoms with Crippen LogP contribution in [0.4, 0.5) is 0 Å². The van der Waals surface area contributed by atoms with Gasteiger partial charge in [-0.05, 0) is 69.1 Å². The van der Waals surface area contributed by atoms with Crippen LogP contribution in [0.2, 0.25) is 0 Å². The highest BCUT2D eigenvalue weighted by atomic mass is 14.6. The van der Waals surface area contributed by atoms with Crippen molar-refractivity contribution in [3.8, 4) is 0 Å². The fraction of sp³-hybridized carbons (Fsp3) is 0.867. The molecule has 3 atom stereocenters. The highest BCUT2D eigenvalue weighted by molar-refractivity contribution is 5.28. The van der Waals surface area contributed by atoms with Gasteiger partial charge in [-0.15, -0.1) is 0 Å². The third-order valence-electron chi connectivity index (χ3n) is 5.82. The van der Waals surface area contributed by atoms with Gasteiger partial charge in [-0.2, -0.15) is 0 Å². The second kappa shape index (κ2) is 2.90. The Morgan fingerprint density at radius 2 is 1.93 bits per heavy atom. The average molecular weight is 204 g/mol. The summed E-state index contributed by atoms with van der Waals surface area (Å²) in [5.41, 5.74) is 4.92. The summed E-state index contributed by atoms with van der Waals surface area (Å²) in [6.45, 7) is 7.34. The van der Waals surface area contributed by atoms with Crippen LogP contribution in [0, 0.1) is 16.7 Å². The molecule has 0 amide bonds. The molecule has 2 saturated carbocycles. The van der Waals surface area contributed by atoms with E-state index >= 15 is 0 Å². The summed E-state index contributed by atoms with van der Waals surface area (Å²) < 4.78 is 0. The monoisotopic (exact) mass is 204 g/mol. The molecule has 84 valence electrons. The van der Waals surface area contributed by atoms with E-state index < -0.39 is 0 Å². The molecule has 0 heteroatoms. The van der Waals surface area contributed by atoms with Crippen LogP contribution in [0.5, 0.6) is 0 Å². The molecule has 15 heavy (non-hydrogen) atoms. The molecule has 2 bridgehead atoms. The van der Waals surface area contributed by atoms with Gasteiger partial charge in [0.15, 0.2) is 0 Å². The Hall–Kier alpha value is -0.260. The summed E-state index contributed by atoms with van der Waals surface area (Å²) in [5.74, 6) is 0.964. The van der Waals surface area contributed by atoms with E-state index in [1.165, 1.54) is 44.9 Å². The Kier molecular flexibility index (Phi) is 1.92. The summed E-state index contributed by atoms with van der Waals surface area (Å²) in [6.07, 6.45) is 10.4. The lowest BCUT2D eigenvalue weighted by Gasteiger charge is -2.53. The van der Waals surface area contributed by atoms with Crippen molar-refractivity contribution in [2.24, 2.45) is 16.7 Å². The highest BCUT2D eigenvalue weighted by Crippen LogP contribution is 2.65. The first kappa shape index (κ1) is 9.93. The van der Waals surface area contributed by atoms with E-state index in [9.17, 15) is 0 Å². The van der Waals surface area contributed by atoms with Crippen LogP contribution in [0.25, 0.3) is 0 Å². The quantitative estimate of drug-likeness (QED) is 0.502. The average Bonchev–Trinajstić information content (AvgIpc) is 2.36. The molecule has 0 aromatic rings. The van der Waals surface area contributed by atoms with Gasteiger partial charge in [-0.25, -0.2) is 0 Å². The molecule has 2 fully saturated rings. The standard InChI is InChI=1S/C15H24/c1-11-9-15-7-4-6-14(3,10-15)8-5-13(15)12(11)2/h13H,4-10H2,1-3H3. The molecule has 3 aliphatic rings. The zero-order valence-corrected chi connectivity index (χ0v) is 10.5. The molecular formula is C15H24. The molecule has 0 aliphatic heterocycles. The second-order valence-corrected chi connectivity index (χ2v) is 6.93. The smallest absolute Gasteiger partial charge is 0.0143 e. The maximum atomic E-state index is 2.55. The third-order valence-corrected chi connectivity index (χ3v) is 5.82. The van der Waals surface area contributed by atoms with Gasteiger partial charge in [0.2, 0.25) is 0 Å². The summed E-state index contributed by atoms with van der Waals surface area (Å²) in [5, 5.41) is 0. The molecule has 3 aliphatic carbocycles. The Morgan fingerprint density at radius 1 is 1.13 bits per heavy atom. The van der Waals surface area contributed by atoms with Crippen molar-refractivity contribution in [2.45, 2.75) is 65.7 Å². The van der Waals surface area contributed by atoms with Gasteiger partial charge in [0.25, 0.3) is 0 Å². The van der Waals surface area contributed by atoms with Crippen LogP contribution in [-0.4, -0.2) is 0 Å². The second-order valence-electron chi connectivity index (χ2n) is 6.93. The highest BCUT2D eigenvalue weighted by Gasteiger charge is 2.53. The van der Waals surface area contributed by atoms with E-state index in [4.69, 9.17) is 0 Å². The van der Waals surface area contributed by atoms with Crippen molar-refractivity contribution < 1.29 is 0 Å². The van der Waals surface area contributed by atoms with Gasteiger partial charge in [0.05, 0.1) is 0 Å². The summed E-state index contributed by atoms with van der Waals surface area (Å²) in [7, 11) is 0. The van der Waals surface area contributed by atoms with Gasteiger partial charge in [-0.3, -0.25) is 0 Å². The van der Waals surface area contributed by atoms with E-state index in [0.29, 0.717) is 5.41 Å². The molecule has 0 saturated heterocycles. The fourth-order valence-corrected chi connectivity index (χ4v) is 5.12. The number of allylic oxidation sites excluding steroid dienone is 2. The predicted molar refractivity (Wildman–Crippen MR) is 64.7 cm³/mol. The van der Waals surface area contributed by atoms with Crippen LogP contribution in [0.3, 0.4) is 0 Å². The number of hydrogen-bond acceptors (Lipinski definition) is 0. The van der Waals surface area contributed by atoms with E-state index in [2.05, 4.69) is 20.8 Å². The maximum Gasteiger partial charge on any atom is -0.0143 e. The molecule has 0 radical (unpaired) electrons. The van der Waals surface area contributed by atoms with Gasteiger partial charge >= 0.3 is 0 Å². The minimum atomic E-state index is 0.708. The summed E-state index contributed by atoms with van der Waals surface area (Å²) >= 11 is 0. The lowest BCUT2D eigenvalue weighted by atomic mass is 9.51. The lowest BCUT2D eigenvalue weighted by molar-refractivity contribution is -0.0131. The first-order chi connectivity index (χ1) is 7.05. The number of rotatable bonds is 0. The lowest BCUT2D eigenvalue weighted by Crippen LogP contribution is -2.43. The van der Waals surface area contributed by atoms with E-state index in [-0.39, 0.29) is 0 Å². The number of fused-ring (bicyclic) bond motifs is 1. The SMILES string of the molecule is CC1=C(C)C2CCC3(C)CCCC2(C1)C3. The van der Waals surface area contributed by atoms with Gasteiger partial charge in [-0.1, -0.05) is 24.5 Å². The normalized spacial score (nSPS) is 49.4. The molecule has 1 spiro atoms. The summed E-state index contributed by atoms with van der Waals surface area (Å²) in [6, 6.07) is 0. The Bertz CT molecular complexity index is 325. The van der Waals surface area contributed by atoms with Crippen LogP contribution >= 0.6 is 0 Å². The zero-order chi connectivity index (χ0) is 10.7. The van der Waals surface area contributed by atoms with Crippen LogP contribution in [-0.2, 0) is 0 Å². The minimum absolute atomic E-state index is 0.708. The summed E-state index contributed by atoms with van der Waals surface area (Å²) in [4.78, 5) is 0. The van der Waals surface area contributed by atoms with Crippen molar-refractivity contribution in [2.75, 3.05) is 0 Å². The van der Waals surface area contributed by atoms with Gasteiger partial charge in [0.1, 0.15) is 0 Å². The fourth-order valence-electron chi connectivity index (χ4n) is 5.12. The first-order valence-corrected chi connectivity index (χ1v) is 6.71. The molecule has 0 aromatic heterocycles. The van der Waals surface area contributed by atoms with Crippen LogP contribution in [0.1, 0.15) is 65.7 Å². The van der Waals surface area contributed by atoms with Crippen molar-refractivity contribution >= 4 is 0 Å². The van der Waals surface area contributed by atoms with Crippen molar-refractivity contribution in [1.29, 1.82) is 0 Å². The zero-order valence-electron chi connectivity index (χ0n) is 10.5. The Labute approximate surface area is 94.1 Å². The molecule has 0 aromatic carbocycles. The largest absolute Gasteiger partial charge is 0.0735 e. The van der Waals surface area contributed by atoms with Gasteiger partial charge in [0, 0.05) is 0 Å². The van der Waals surface area contributed by atoms with E-state index in [1.54, 1.807) is 11.1 Å². The molecular weight excluding hydrogens is 180 g/mol. The first-order valence-electron chi connectivity index (χ1n) is 6.71. The van der Waals surface area contributed by atoms with Crippen LogP contribution < -0.4 is 0 Å². The van der Waals surface area contributed by atoms with Crippen molar-refractivity contribution in [1.82, 2.24) is 0 Å². The maximum absolute atomic E-state index is 2.55. The number of hydrogen-bond donors (Lipinski definition) is 0. The molecule has 0 nitrogen and oxygen atoms in total. The van der Waals surface area contributed by atoms with Crippen molar-refractivity contribution in [3.63, 3.8) is 0 Å². The van der Waals surface area contributed by atoms with E-state index in [1.807, 2.05) is 0 Å². The third kappa shape index (κ3) is 1.26. The van der Waals surface area contributed by atoms with Crippen molar-refractivity contribution in [3.05, 3.63) is 11.1 Å². The Morgan fingerprint density at radius 3 is 2.73 bits per heavy atom. The van der Waals surface area contributed by atoms with Crippen LogP contribution in [0.15, 0.2) is 11.1 Å². The van der Waals surface area contributed by atoms with Gasteiger partial charge < -0.3 is 0 Å². The molecule has 0 heterocycles.